The maximum absolute atomic E-state index is 11.9. The van der Waals surface area contributed by atoms with Crippen molar-refractivity contribution in [1.82, 2.24) is 10.6 Å². The second kappa shape index (κ2) is 4.46. The average Bonchev–Trinajstić information content (AvgIpc) is 2.26. The summed E-state index contributed by atoms with van der Waals surface area (Å²) in [5.74, 6) is 2.53. The quantitative estimate of drug-likeness (QED) is 0.751. The molecular weight excluding hydrogens is 226 g/mol. The molecule has 0 saturated heterocycles. The fraction of sp³-hybridized carbons (Fsp3) is 0.857. The van der Waals surface area contributed by atoms with Crippen LogP contribution in [0.5, 0.6) is 0 Å². The van der Waals surface area contributed by atoms with E-state index in [9.17, 15) is 4.79 Å². The number of hydrogen-bond acceptors (Lipinski definition) is 2. The highest BCUT2D eigenvalue weighted by molar-refractivity contribution is 5.74. The molecule has 4 heteroatoms. The van der Waals surface area contributed by atoms with Gasteiger partial charge in [-0.2, -0.15) is 5.26 Å². The van der Waals surface area contributed by atoms with Crippen LogP contribution in [0.25, 0.3) is 0 Å². The molecular formula is C14H21N3O. The fourth-order valence-electron chi connectivity index (χ4n) is 4.78. The van der Waals surface area contributed by atoms with Crippen molar-refractivity contribution in [1.29, 1.82) is 5.26 Å². The summed E-state index contributed by atoms with van der Waals surface area (Å²) < 4.78 is 0. The number of nitrogens with one attached hydrogen (secondary N) is 2. The molecule has 4 aliphatic rings. The van der Waals surface area contributed by atoms with Crippen LogP contribution in [0.4, 0.5) is 4.79 Å². The predicted octanol–water partition coefficient (Wildman–Crippen LogP) is 2.17. The van der Waals surface area contributed by atoms with Gasteiger partial charge in [-0.25, -0.2) is 4.79 Å². The van der Waals surface area contributed by atoms with Gasteiger partial charge in [0.25, 0.3) is 0 Å². The molecule has 0 aromatic heterocycles. The van der Waals surface area contributed by atoms with Crippen LogP contribution in [0.2, 0.25) is 0 Å². The zero-order valence-corrected chi connectivity index (χ0v) is 10.7. The lowest BCUT2D eigenvalue weighted by molar-refractivity contribution is -0.0135. The zero-order chi connectivity index (χ0) is 12.6. The first kappa shape index (κ1) is 11.8. The molecule has 0 unspecified atom stereocenters. The molecule has 4 saturated carbocycles. The molecule has 2 N–H and O–H groups in total. The Labute approximate surface area is 108 Å². The highest BCUT2D eigenvalue weighted by Crippen LogP contribution is 2.55. The van der Waals surface area contributed by atoms with E-state index in [0.717, 1.165) is 17.8 Å². The van der Waals surface area contributed by atoms with Crippen LogP contribution < -0.4 is 10.6 Å². The lowest BCUT2D eigenvalue weighted by atomic mass is 9.53. The molecule has 0 atom stereocenters. The van der Waals surface area contributed by atoms with E-state index in [2.05, 4.69) is 10.6 Å². The molecule has 2 amide bonds. The van der Waals surface area contributed by atoms with Crippen molar-refractivity contribution in [3.63, 3.8) is 0 Å². The van der Waals surface area contributed by atoms with E-state index in [1.165, 1.54) is 38.5 Å². The van der Waals surface area contributed by atoms with Gasteiger partial charge >= 0.3 is 6.03 Å². The Bertz CT molecular complexity index is 350. The molecule has 4 nitrogen and oxygen atoms in total. The Morgan fingerprint density at radius 2 is 1.72 bits per heavy atom. The van der Waals surface area contributed by atoms with Crippen molar-refractivity contribution < 1.29 is 4.79 Å². The molecule has 0 heterocycles. The number of amides is 2. The third-order valence-corrected chi connectivity index (χ3v) is 4.94. The van der Waals surface area contributed by atoms with Crippen molar-refractivity contribution in [2.45, 2.75) is 50.5 Å². The molecule has 0 aromatic rings. The van der Waals surface area contributed by atoms with Crippen molar-refractivity contribution >= 4 is 6.03 Å². The summed E-state index contributed by atoms with van der Waals surface area (Å²) in [6.45, 7) is 0.453. The molecule has 18 heavy (non-hydrogen) atoms. The van der Waals surface area contributed by atoms with Crippen LogP contribution in [0.1, 0.15) is 44.9 Å². The molecule has 0 radical (unpaired) electrons. The summed E-state index contributed by atoms with van der Waals surface area (Å²) >= 11 is 0. The second-order valence-electron chi connectivity index (χ2n) is 6.49. The van der Waals surface area contributed by atoms with Crippen LogP contribution in [-0.4, -0.2) is 18.1 Å². The second-order valence-corrected chi connectivity index (χ2v) is 6.49. The van der Waals surface area contributed by atoms with Crippen LogP contribution >= 0.6 is 0 Å². The SMILES string of the molecule is N#CCCNC(=O)NC12CC3CC(CC(C3)C1)C2. The molecule has 0 aromatic carbocycles. The van der Waals surface area contributed by atoms with Crippen LogP contribution in [0, 0.1) is 29.1 Å². The summed E-state index contributed by atoms with van der Waals surface area (Å²) in [6, 6.07) is 1.96. The standard InChI is InChI=1S/C14H21N3O/c15-2-1-3-16-13(18)17-14-7-10-4-11(8-14)6-12(5-10)9-14/h10-12H,1,3-9H2,(H2,16,17,18). The van der Waals surface area contributed by atoms with Gasteiger partial charge < -0.3 is 10.6 Å². The zero-order valence-electron chi connectivity index (χ0n) is 10.7. The smallest absolute Gasteiger partial charge is 0.315 e. The number of carbonyl (C=O) groups is 1. The largest absolute Gasteiger partial charge is 0.337 e. The number of carbonyl (C=O) groups excluding carboxylic acids is 1. The first-order valence-corrected chi connectivity index (χ1v) is 7.12. The Morgan fingerprint density at radius 1 is 1.17 bits per heavy atom. The summed E-state index contributed by atoms with van der Waals surface area (Å²) in [5, 5.41) is 14.5. The molecule has 4 rings (SSSR count). The van der Waals surface area contributed by atoms with Gasteiger partial charge in [0.05, 0.1) is 12.5 Å². The average molecular weight is 247 g/mol. The Morgan fingerprint density at radius 3 is 2.22 bits per heavy atom. The van der Waals surface area contributed by atoms with Crippen molar-refractivity contribution in [2.24, 2.45) is 17.8 Å². The van der Waals surface area contributed by atoms with E-state index >= 15 is 0 Å². The van der Waals surface area contributed by atoms with Gasteiger partial charge in [0.15, 0.2) is 0 Å². The van der Waals surface area contributed by atoms with E-state index in [1.807, 2.05) is 6.07 Å². The van der Waals surface area contributed by atoms with Crippen LogP contribution in [0.15, 0.2) is 0 Å². The fourth-order valence-corrected chi connectivity index (χ4v) is 4.78. The third kappa shape index (κ3) is 2.19. The Kier molecular flexibility index (Phi) is 2.93. The molecule has 98 valence electrons. The normalized spacial score (nSPS) is 40.3. The van der Waals surface area contributed by atoms with E-state index in [1.54, 1.807) is 0 Å². The van der Waals surface area contributed by atoms with Gasteiger partial charge in [-0.15, -0.1) is 0 Å². The summed E-state index contributed by atoms with van der Waals surface area (Å²) in [6.07, 6.45) is 8.05. The number of nitrogens with zero attached hydrogens (tertiary/aromatic N) is 1. The van der Waals surface area contributed by atoms with E-state index in [-0.39, 0.29) is 11.6 Å². The minimum atomic E-state index is -0.0767. The van der Waals surface area contributed by atoms with Gasteiger partial charge in [-0.05, 0) is 56.3 Å². The summed E-state index contributed by atoms with van der Waals surface area (Å²) in [4.78, 5) is 11.9. The van der Waals surface area contributed by atoms with Crippen molar-refractivity contribution in [2.75, 3.05) is 6.54 Å². The van der Waals surface area contributed by atoms with Crippen LogP contribution in [-0.2, 0) is 0 Å². The van der Waals surface area contributed by atoms with E-state index in [4.69, 9.17) is 5.26 Å². The van der Waals surface area contributed by atoms with Crippen molar-refractivity contribution in [3.05, 3.63) is 0 Å². The topological polar surface area (TPSA) is 64.9 Å². The minimum absolute atomic E-state index is 0.0749. The summed E-state index contributed by atoms with van der Waals surface area (Å²) in [5.41, 5.74) is 0.0749. The lowest BCUT2D eigenvalue weighted by Crippen LogP contribution is -2.61. The molecule has 0 spiro atoms. The minimum Gasteiger partial charge on any atom is -0.337 e. The predicted molar refractivity (Wildman–Crippen MR) is 67.7 cm³/mol. The highest BCUT2D eigenvalue weighted by Gasteiger charge is 2.51. The maximum Gasteiger partial charge on any atom is 0.315 e. The molecule has 4 fully saturated rings. The van der Waals surface area contributed by atoms with Gasteiger partial charge in [0.1, 0.15) is 0 Å². The van der Waals surface area contributed by atoms with E-state index < -0.39 is 0 Å². The number of rotatable bonds is 3. The number of hydrogen-bond donors (Lipinski definition) is 2. The maximum atomic E-state index is 11.9. The van der Waals surface area contributed by atoms with Gasteiger partial charge in [0.2, 0.25) is 0 Å². The van der Waals surface area contributed by atoms with Crippen molar-refractivity contribution in [3.8, 4) is 6.07 Å². The van der Waals surface area contributed by atoms with Gasteiger partial charge in [-0.1, -0.05) is 0 Å². The number of nitriles is 1. The highest BCUT2D eigenvalue weighted by atomic mass is 16.2. The molecule has 0 aliphatic heterocycles. The first-order valence-electron chi connectivity index (χ1n) is 7.12. The molecule has 4 aliphatic carbocycles. The number of urea groups is 1. The van der Waals surface area contributed by atoms with Crippen LogP contribution in [0.3, 0.4) is 0 Å². The lowest BCUT2D eigenvalue weighted by Gasteiger charge is -2.56. The van der Waals surface area contributed by atoms with E-state index in [0.29, 0.717) is 13.0 Å². The Balaban J connectivity index is 1.59. The van der Waals surface area contributed by atoms with Gasteiger partial charge in [-0.3, -0.25) is 0 Å². The monoisotopic (exact) mass is 247 g/mol. The van der Waals surface area contributed by atoms with Gasteiger partial charge in [0, 0.05) is 12.1 Å². The Hall–Kier alpha value is -1.24. The third-order valence-electron chi connectivity index (χ3n) is 4.94. The first-order chi connectivity index (χ1) is 8.69. The summed E-state index contributed by atoms with van der Waals surface area (Å²) in [7, 11) is 0. The molecule has 4 bridgehead atoms.